The van der Waals surface area contributed by atoms with Gasteiger partial charge in [-0.25, -0.2) is 17.5 Å². The number of amides is 1. The van der Waals surface area contributed by atoms with Gasteiger partial charge in [-0.05, 0) is 62.1 Å². The van der Waals surface area contributed by atoms with E-state index < -0.39 is 10.0 Å². The number of sulfonamides is 1. The summed E-state index contributed by atoms with van der Waals surface area (Å²) in [5, 5.41) is 2.90. The minimum Gasteiger partial charge on any atom is -0.349 e. The van der Waals surface area contributed by atoms with E-state index in [1.807, 2.05) is 19.1 Å². The highest BCUT2D eigenvalue weighted by Crippen LogP contribution is 2.36. The second-order valence-electron chi connectivity index (χ2n) is 7.32. The molecule has 8 heteroatoms. The fourth-order valence-electron chi connectivity index (χ4n) is 3.74. The molecule has 1 unspecified atom stereocenters. The minimum atomic E-state index is -3.70. The molecule has 156 valence electrons. The van der Waals surface area contributed by atoms with Gasteiger partial charge >= 0.3 is 0 Å². The fourth-order valence-corrected chi connectivity index (χ4v) is 6.33. The number of aryl methyl sites for hydroxylation is 3. The van der Waals surface area contributed by atoms with Crippen LogP contribution in [0.3, 0.4) is 0 Å². The van der Waals surface area contributed by atoms with E-state index in [2.05, 4.69) is 10.0 Å². The quantitative estimate of drug-likeness (QED) is 0.723. The van der Waals surface area contributed by atoms with E-state index in [1.165, 1.54) is 12.1 Å². The van der Waals surface area contributed by atoms with E-state index in [0.29, 0.717) is 17.5 Å². The normalized spacial score (nSPS) is 16.3. The highest BCUT2D eigenvalue weighted by Gasteiger charge is 2.24. The van der Waals surface area contributed by atoms with Gasteiger partial charge in [0.05, 0.1) is 10.9 Å². The lowest BCUT2D eigenvalue weighted by Gasteiger charge is -2.26. The molecule has 1 atom stereocenters. The molecule has 29 heavy (non-hydrogen) atoms. The minimum absolute atomic E-state index is 0.00159. The largest absolute Gasteiger partial charge is 0.349 e. The van der Waals surface area contributed by atoms with Gasteiger partial charge in [-0.2, -0.15) is 0 Å². The average molecular weight is 437 g/mol. The van der Waals surface area contributed by atoms with Crippen molar-refractivity contribution in [3.8, 4) is 0 Å². The van der Waals surface area contributed by atoms with Crippen molar-refractivity contribution in [1.82, 2.24) is 10.0 Å². The first-order valence-corrected chi connectivity index (χ1v) is 11.9. The van der Waals surface area contributed by atoms with Gasteiger partial charge in [0, 0.05) is 23.6 Å². The van der Waals surface area contributed by atoms with Crippen LogP contribution in [0.5, 0.6) is 0 Å². The third kappa shape index (κ3) is 5.18. The molecule has 0 saturated heterocycles. The Morgan fingerprint density at radius 3 is 2.55 bits per heavy atom. The molecule has 0 saturated carbocycles. The molecular weight excluding hydrogens is 411 g/mol. The average Bonchev–Trinajstić information content (AvgIpc) is 2.61. The Kier molecular flexibility index (Phi) is 6.65. The zero-order valence-corrected chi connectivity index (χ0v) is 18.3. The van der Waals surface area contributed by atoms with Gasteiger partial charge in [0.2, 0.25) is 15.9 Å². The lowest BCUT2D eigenvalue weighted by molar-refractivity contribution is -0.121. The standard InChI is InChI=1S/C21H25FN2O3S2/c1-13-10-14(2)21(15(3)11-13)29(26,27)23-8-6-20(25)24-18-7-9-28-19-5-4-16(22)12-17(18)19/h4-5,10-12,18,23H,6-9H2,1-3H3,(H,24,25). The molecule has 1 aliphatic heterocycles. The molecule has 3 rings (SSSR count). The summed E-state index contributed by atoms with van der Waals surface area (Å²) in [6, 6.07) is 8.00. The van der Waals surface area contributed by atoms with Gasteiger partial charge in [-0.15, -0.1) is 11.8 Å². The van der Waals surface area contributed by atoms with Crippen LogP contribution in [0.4, 0.5) is 4.39 Å². The van der Waals surface area contributed by atoms with Crippen molar-refractivity contribution in [2.24, 2.45) is 0 Å². The summed E-state index contributed by atoms with van der Waals surface area (Å²) in [7, 11) is -3.70. The van der Waals surface area contributed by atoms with Crippen LogP contribution in [0.1, 0.15) is 41.1 Å². The number of halogens is 1. The monoisotopic (exact) mass is 436 g/mol. The summed E-state index contributed by atoms with van der Waals surface area (Å²) in [6.07, 6.45) is 0.720. The number of nitrogens with one attached hydrogen (secondary N) is 2. The van der Waals surface area contributed by atoms with Gasteiger partial charge in [-0.1, -0.05) is 17.7 Å². The van der Waals surface area contributed by atoms with Gasteiger partial charge < -0.3 is 5.32 Å². The van der Waals surface area contributed by atoms with Crippen LogP contribution in [0.15, 0.2) is 40.1 Å². The third-order valence-electron chi connectivity index (χ3n) is 4.86. The number of hydrogen-bond acceptors (Lipinski definition) is 4. The third-order valence-corrected chi connectivity index (χ3v) is 7.75. The topological polar surface area (TPSA) is 75.3 Å². The Labute approximate surface area is 175 Å². The van der Waals surface area contributed by atoms with Crippen LogP contribution < -0.4 is 10.0 Å². The van der Waals surface area contributed by atoms with E-state index in [9.17, 15) is 17.6 Å². The number of rotatable bonds is 6. The molecule has 2 aromatic rings. The molecule has 1 heterocycles. The van der Waals surface area contributed by atoms with E-state index in [0.717, 1.165) is 21.8 Å². The van der Waals surface area contributed by atoms with Gasteiger partial charge in [-0.3, -0.25) is 4.79 Å². The number of hydrogen-bond donors (Lipinski definition) is 2. The van der Waals surface area contributed by atoms with Crippen LogP contribution in [0.25, 0.3) is 0 Å². The van der Waals surface area contributed by atoms with Crippen molar-refractivity contribution in [3.63, 3.8) is 0 Å². The fraction of sp³-hybridized carbons (Fsp3) is 0.381. The first-order chi connectivity index (χ1) is 13.7. The van der Waals surface area contributed by atoms with E-state index in [4.69, 9.17) is 0 Å². The molecule has 0 radical (unpaired) electrons. The van der Waals surface area contributed by atoms with Crippen molar-refractivity contribution in [3.05, 3.63) is 58.4 Å². The van der Waals surface area contributed by atoms with E-state index in [1.54, 1.807) is 31.7 Å². The summed E-state index contributed by atoms with van der Waals surface area (Å²) in [5.41, 5.74) is 3.14. The highest BCUT2D eigenvalue weighted by atomic mass is 32.2. The molecule has 2 N–H and O–H groups in total. The van der Waals surface area contributed by atoms with Crippen LogP contribution in [-0.2, 0) is 14.8 Å². The van der Waals surface area contributed by atoms with Crippen molar-refractivity contribution in [2.75, 3.05) is 12.3 Å². The van der Waals surface area contributed by atoms with Gasteiger partial charge in [0.1, 0.15) is 5.82 Å². The zero-order valence-electron chi connectivity index (χ0n) is 16.7. The molecule has 0 aromatic heterocycles. The smallest absolute Gasteiger partial charge is 0.241 e. The van der Waals surface area contributed by atoms with Crippen molar-refractivity contribution in [2.45, 2.75) is 49.4 Å². The number of carbonyl (C=O) groups is 1. The highest BCUT2D eigenvalue weighted by molar-refractivity contribution is 7.99. The Bertz CT molecular complexity index is 1020. The Morgan fingerprint density at radius 1 is 1.17 bits per heavy atom. The summed E-state index contributed by atoms with van der Waals surface area (Å²) in [6.45, 7) is 5.44. The van der Waals surface area contributed by atoms with Crippen LogP contribution >= 0.6 is 11.8 Å². The lowest BCUT2D eigenvalue weighted by atomic mass is 10.0. The summed E-state index contributed by atoms with van der Waals surface area (Å²) in [5.74, 6) is 0.238. The first-order valence-electron chi connectivity index (χ1n) is 9.46. The molecule has 1 aliphatic rings. The van der Waals surface area contributed by atoms with Crippen LogP contribution in [0, 0.1) is 26.6 Å². The van der Waals surface area contributed by atoms with Crippen molar-refractivity contribution in [1.29, 1.82) is 0 Å². The second-order valence-corrected chi connectivity index (χ2v) is 10.2. The van der Waals surface area contributed by atoms with Crippen LogP contribution in [-0.4, -0.2) is 26.6 Å². The maximum absolute atomic E-state index is 13.6. The molecule has 0 fully saturated rings. The molecular formula is C21H25FN2O3S2. The molecule has 2 aromatic carbocycles. The predicted molar refractivity (Wildman–Crippen MR) is 113 cm³/mol. The maximum atomic E-state index is 13.6. The zero-order chi connectivity index (χ0) is 21.2. The molecule has 0 aliphatic carbocycles. The van der Waals surface area contributed by atoms with E-state index >= 15 is 0 Å². The van der Waals surface area contributed by atoms with Crippen molar-refractivity contribution >= 4 is 27.7 Å². The van der Waals surface area contributed by atoms with Crippen LogP contribution in [0.2, 0.25) is 0 Å². The van der Waals surface area contributed by atoms with E-state index in [-0.39, 0.29) is 35.6 Å². The van der Waals surface area contributed by atoms with Crippen molar-refractivity contribution < 1.29 is 17.6 Å². The summed E-state index contributed by atoms with van der Waals surface area (Å²) in [4.78, 5) is 13.6. The number of carbonyl (C=O) groups excluding carboxylic acids is 1. The Morgan fingerprint density at radius 2 is 1.86 bits per heavy atom. The molecule has 0 spiro atoms. The Hall–Kier alpha value is -1.90. The number of fused-ring (bicyclic) bond motifs is 1. The first kappa shape index (κ1) is 21.8. The molecule has 0 bridgehead atoms. The summed E-state index contributed by atoms with van der Waals surface area (Å²) >= 11 is 1.64. The summed E-state index contributed by atoms with van der Waals surface area (Å²) < 4.78 is 41.5. The Balaban J connectivity index is 1.61. The predicted octanol–water partition coefficient (Wildman–Crippen LogP) is 3.77. The second kappa shape index (κ2) is 8.85. The van der Waals surface area contributed by atoms with Gasteiger partial charge in [0.15, 0.2) is 0 Å². The number of benzene rings is 2. The molecule has 1 amide bonds. The maximum Gasteiger partial charge on any atom is 0.241 e. The molecule has 5 nitrogen and oxygen atoms in total. The number of thioether (sulfide) groups is 1. The lowest BCUT2D eigenvalue weighted by Crippen LogP contribution is -2.34. The van der Waals surface area contributed by atoms with Gasteiger partial charge in [0.25, 0.3) is 0 Å². The SMILES string of the molecule is Cc1cc(C)c(S(=O)(=O)NCCC(=O)NC2CCSc3ccc(F)cc32)c(C)c1.